The highest BCUT2D eigenvalue weighted by Gasteiger charge is 2.48. The van der Waals surface area contributed by atoms with Gasteiger partial charge in [0.25, 0.3) is 0 Å². The van der Waals surface area contributed by atoms with E-state index in [0.29, 0.717) is 23.6 Å². The number of carbonyl (C=O) groups excluding carboxylic acids is 1. The van der Waals surface area contributed by atoms with Crippen molar-refractivity contribution in [3.63, 3.8) is 0 Å². The summed E-state index contributed by atoms with van der Waals surface area (Å²) >= 11 is 7.38. The molecule has 2 atom stereocenters. The van der Waals surface area contributed by atoms with Gasteiger partial charge < -0.3 is 9.84 Å². The van der Waals surface area contributed by atoms with Crippen molar-refractivity contribution >= 4 is 28.9 Å². The Balaban J connectivity index is 2.14. The Morgan fingerprint density at radius 1 is 1.38 bits per heavy atom. The molecule has 110 valence electrons. The number of rotatable bonds is 3. The van der Waals surface area contributed by atoms with Crippen molar-refractivity contribution < 1.29 is 14.6 Å². The Kier molecular flexibility index (Phi) is 3.78. The summed E-state index contributed by atoms with van der Waals surface area (Å²) in [7, 11) is 0. The highest BCUT2D eigenvalue weighted by Crippen LogP contribution is 2.44. The number of ether oxygens (including phenoxy) is 1. The van der Waals surface area contributed by atoms with Crippen molar-refractivity contribution in [2.75, 3.05) is 6.61 Å². The van der Waals surface area contributed by atoms with Crippen molar-refractivity contribution in [1.82, 2.24) is 0 Å². The molecule has 1 fully saturated rings. The van der Waals surface area contributed by atoms with Crippen molar-refractivity contribution in [3.8, 4) is 0 Å². The second-order valence-corrected chi connectivity index (χ2v) is 6.62. The quantitative estimate of drug-likeness (QED) is 0.880. The van der Waals surface area contributed by atoms with Gasteiger partial charge in [-0.25, -0.2) is 0 Å². The SMILES string of the molecule is Cc1csc(C(O)(c2ccc(Cl)cc2)C2CCOC2=O)c1. The molecule has 0 aliphatic carbocycles. The van der Waals surface area contributed by atoms with Crippen molar-refractivity contribution in [2.45, 2.75) is 18.9 Å². The van der Waals surface area contributed by atoms with Crippen LogP contribution in [0.25, 0.3) is 0 Å². The number of thiophene rings is 1. The first-order chi connectivity index (χ1) is 10.0. The summed E-state index contributed by atoms with van der Waals surface area (Å²) in [5.74, 6) is -0.935. The number of benzene rings is 1. The number of hydrogen-bond donors (Lipinski definition) is 1. The van der Waals surface area contributed by atoms with Crippen LogP contribution in [0.4, 0.5) is 0 Å². The van der Waals surface area contributed by atoms with Crippen LogP contribution in [0.15, 0.2) is 35.7 Å². The monoisotopic (exact) mass is 322 g/mol. The summed E-state index contributed by atoms with van der Waals surface area (Å²) in [5, 5.41) is 14.0. The fraction of sp³-hybridized carbons (Fsp3) is 0.312. The van der Waals surface area contributed by atoms with Crippen LogP contribution in [0.3, 0.4) is 0 Å². The maximum atomic E-state index is 12.0. The third kappa shape index (κ3) is 2.48. The Morgan fingerprint density at radius 2 is 2.10 bits per heavy atom. The fourth-order valence-corrected chi connectivity index (χ4v) is 3.93. The van der Waals surface area contributed by atoms with Crippen LogP contribution in [0.5, 0.6) is 0 Å². The van der Waals surface area contributed by atoms with Crippen LogP contribution in [0, 0.1) is 12.8 Å². The normalized spacial score (nSPS) is 21.1. The average molecular weight is 323 g/mol. The fourth-order valence-electron chi connectivity index (χ4n) is 2.73. The van der Waals surface area contributed by atoms with E-state index in [9.17, 15) is 9.90 Å². The molecule has 3 nitrogen and oxygen atoms in total. The first-order valence-electron chi connectivity index (χ1n) is 6.72. The molecule has 0 bridgehead atoms. The molecule has 1 N–H and O–H groups in total. The molecule has 0 saturated carbocycles. The summed E-state index contributed by atoms with van der Waals surface area (Å²) in [6.45, 7) is 2.32. The molecule has 3 rings (SSSR count). The van der Waals surface area contributed by atoms with Crippen molar-refractivity contribution in [1.29, 1.82) is 0 Å². The van der Waals surface area contributed by atoms with Gasteiger partial charge in [0.15, 0.2) is 0 Å². The standard InChI is InChI=1S/C16H15ClO3S/c1-10-8-14(21-9-10)16(19,13-6-7-20-15(13)18)11-2-4-12(17)5-3-11/h2-5,8-9,13,19H,6-7H2,1H3. The number of carbonyl (C=O) groups is 1. The minimum absolute atomic E-state index is 0.349. The van der Waals surface area contributed by atoms with Gasteiger partial charge in [-0.3, -0.25) is 4.79 Å². The second kappa shape index (κ2) is 5.44. The van der Waals surface area contributed by atoms with E-state index < -0.39 is 11.5 Å². The van der Waals surface area contributed by atoms with E-state index in [1.165, 1.54) is 11.3 Å². The molecule has 2 aromatic rings. The van der Waals surface area contributed by atoms with E-state index >= 15 is 0 Å². The van der Waals surface area contributed by atoms with E-state index in [1.54, 1.807) is 24.3 Å². The zero-order valence-corrected chi connectivity index (χ0v) is 13.1. The van der Waals surface area contributed by atoms with Crippen LogP contribution >= 0.6 is 22.9 Å². The second-order valence-electron chi connectivity index (χ2n) is 5.27. The average Bonchev–Trinajstić information content (AvgIpc) is 3.08. The van der Waals surface area contributed by atoms with Gasteiger partial charge in [-0.2, -0.15) is 0 Å². The largest absolute Gasteiger partial charge is 0.465 e. The molecule has 0 spiro atoms. The van der Waals surface area contributed by atoms with Gasteiger partial charge in [0.2, 0.25) is 0 Å². The summed E-state index contributed by atoms with van der Waals surface area (Å²) in [6, 6.07) is 8.90. The minimum Gasteiger partial charge on any atom is -0.465 e. The molecule has 2 heterocycles. The third-order valence-corrected chi connectivity index (χ3v) is 5.25. The van der Waals surface area contributed by atoms with E-state index in [0.717, 1.165) is 10.4 Å². The molecular weight excluding hydrogens is 308 g/mol. The minimum atomic E-state index is -1.36. The van der Waals surface area contributed by atoms with E-state index in [1.807, 2.05) is 18.4 Å². The van der Waals surface area contributed by atoms with Gasteiger partial charge in [-0.05, 0) is 48.1 Å². The van der Waals surface area contributed by atoms with E-state index in [-0.39, 0.29) is 5.97 Å². The zero-order chi connectivity index (χ0) is 15.0. The smallest absolute Gasteiger partial charge is 0.312 e. The molecule has 1 aromatic heterocycles. The van der Waals surface area contributed by atoms with Gasteiger partial charge in [0.05, 0.1) is 12.5 Å². The number of esters is 1. The molecule has 1 aliphatic rings. The summed E-state index contributed by atoms with van der Waals surface area (Å²) in [4.78, 5) is 12.8. The maximum absolute atomic E-state index is 12.0. The molecule has 21 heavy (non-hydrogen) atoms. The lowest BCUT2D eigenvalue weighted by Gasteiger charge is -2.31. The molecule has 2 unspecified atom stereocenters. The molecule has 1 saturated heterocycles. The third-order valence-electron chi connectivity index (χ3n) is 3.83. The van der Waals surface area contributed by atoms with Crippen LogP contribution in [0.2, 0.25) is 5.02 Å². The van der Waals surface area contributed by atoms with Crippen molar-refractivity contribution in [2.24, 2.45) is 5.92 Å². The van der Waals surface area contributed by atoms with Gasteiger partial charge in [-0.1, -0.05) is 23.7 Å². The maximum Gasteiger partial charge on any atom is 0.312 e. The Labute approximate surface area is 132 Å². The molecule has 1 aromatic carbocycles. The predicted octanol–water partition coefficient (Wildman–Crippen LogP) is 3.51. The number of halogens is 1. The molecule has 5 heteroatoms. The molecule has 0 amide bonds. The highest BCUT2D eigenvalue weighted by atomic mass is 35.5. The molecule has 1 aliphatic heterocycles. The van der Waals surface area contributed by atoms with Gasteiger partial charge >= 0.3 is 5.97 Å². The lowest BCUT2D eigenvalue weighted by Crippen LogP contribution is -2.38. The number of cyclic esters (lactones) is 1. The van der Waals surface area contributed by atoms with Crippen LogP contribution in [-0.4, -0.2) is 17.7 Å². The Morgan fingerprint density at radius 3 is 2.62 bits per heavy atom. The zero-order valence-electron chi connectivity index (χ0n) is 11.5. The van der Waals surface area contributed by atoms with Crippen LogP contribution in [-0.2, 0) is 15.1 Å². The van der Waals surface area contributed by atoms with Gasteiger partial charge in [-0.15, -0.1) is 11.3 Å². The Bertz CT molecular complexity index is 664. The summed E-state index contributed by atoms with van der Waals surface area (Å²) in [5.41, 5.74) is 0.364. The lowest BCUT2D eigenvalue weighted by atomic mass is 9.79. The number of aryl methyl sites for hydroxylation is 1. The summed E-state index contributed by atoms with van der Waals surface area (Å²) < 4.78 is 5.06. The Hall–Kier alpha value is -1.36. The predicted molar refractivity (Wildman–Crippen MR) is 82.6 cm³/mol. The van der Waals surface area contributed by atoms with Gasteiger partial charge in [0, 0.05) is 9.90 Å². The van der Waals surface area contributed by atoms with Gasteiger partial charge in [0.1, 0.15) is 5.60 Å². The van der Waals surface area contributed by atoms with Crippen molar-refractivity contribution in [3.05, 3.63) is 56.7 Å². The highest BCUT2D eigenvalue weighted by molar-refractivity contribution is 7.10. The first kappa shape index (κ1) is 14.6. The van der Waals surface area contributed by atoms with E-state index in [4.69, 9.17) is 16.3 Å². The number of aliphatic hydroxyl groups is 1. The first-order valence-corrected chi connectivity index (χ1v) is 7.98. The molecular formula is C16H15ClO3S. The van der Waals surface area contributed by atoms with Crippen LogP contribution in [0.1, 0.15) is 22.4 Å². The van der Waals surface area contributed by atoms with E-state index in [2.05, 4.69) is 0 Å². The number of hydrogen-bond acceptors (Lipinski definition) is 4. The topological polar surface area (TPSA) is 46.5 Å². The lowest BCUT2D eigenvalue weighted by molar-refractivity contribution is -0.147. The summed E-state index contributed by atoms with van der Waals surface area (Å²) in [6.07, 6.45) is 0.509. The van der Waals surface area contributed by atoms with Crippen LogP contribution < -0.4 is 0 Å². The molecule has 0 radical (unpaired) electrons.